The van der Waals surface area contributed by atoms with Crippen LogP contribution in [-0.4, -0.2) is 144 Å². The van der Waals surface area contributed by atoms with Gasteiger partial charge in [-0.3, -0.25) is 19.2 Å². The second-order valence-electron chi connectivity index (χ2n) is 26.2. The van der Waals surface area contributed by atoms with Gasteiger partial charge in [0.1, 0.15) is 24.2 Å². The van der Waals surface area contributed by atoms with Crippen LogP contribution in [0.1, 0.15) is 184 Å². The van der Waals surface area contributed by atoms with Gasteiger partial charge in [0, 0.05) is 51.9 Å². The number of benzene rings is 4. The summed E-state index contributed by atoms with van der Waals surface area (Å²) in [6, 6.07) is 30.2. The van der Waals surface area contributed by atoms with Crippen LogP contribution in [-0.2, 0) is 81.0 Å². The van der Waals surface area contributed by atoms with Gasteiger partial charge in [0.25, 0.3) is 23.6 Å². The Morgan fingerprint density at radius 2 is 0.567 bits per heavy atom. The first-order valence-electron chi connectivity index (χ1n) is 32.4. The van der Waals surface area contributed by atoms with Crippen LogP contribution in [0.2, 0.25) is 0 Å². The van der Waals surface area contributed by atoms with Crippen molar-refractivity contribution in [2.24, 2.45) is 23.7 Å². The number of ether oxygens (including phenoxy) is 4. The summed E-state index contributed by atoms with van der Waals surface area (Å²) in [6.45, 7) is 34.1. The molecule has 8 atom stereocenters. The highest BCUT2D eigenvalue weighted by Gasteiger charge is 2.43. The van der Waals surface area contributed by atoms with Gasteiger partial charge in [-0.05, 0) is 96.6 Å². The Labute approximate surface area is 539 Å². The lowest BCUT2D eigenvalue weighted by molar-refractivity contribution is -0.176. The summed E-state index contributed by atoms with van der Waals surface area (Å²) in [5, 5.41) is 0. The van der Waals surface area contributed by atoms with Gasteiger partial charge in [-0.15, -0.1) is 0 Å². The van der Waals surface area contributed by atoms with Crippen LogP contribution in [0.4, 0.5) is 0 Å². The predicted octanol–water partition coefficient (Wildman–Crippen LogP) is 12.4. The molecule has 16 heteroatoms. The fourth-order valence-electron chi connectivity index (χ4n) is 11.1. The fourth-order valence-corrected chi connectivity index (χ4v) is 11.1. The van der Waals surface area contributed by atoms with Gasteiger partial charge >= 0.3 is 23.9 Å². The van der Waals surface area contributed by atoms with E-state index in [1.807, 2.05) is 168 Å². The zero-order chi connectivity index (χ0) is 68.1. The van der Waals surface area contributed by atoms with E-state index in [2.05, 4.69) is 52.0 Å². The second kappa shape index (κ2) is 35.3. The number of hydrogen-bond acceptors (Lipinski definition) is 12. The Morgan fingerprint density at radius 3 is 0.811 bits per heavy atom. The van der Waals surface area contributed by atoms with Gasteiger partial charge in [0.15, 0.2) is 24.4 Å². The largest absolute Gasteiger partial charge is 0.451 e. The summed E-state index contributed by atoms with van der Waals surface area (Å²) in [7, 11) is 5.63. The molecule has 90 heavy (non-hydrogen) atoms. The van der Waals surface area contributed by atoms with Crippen molar-refractivity contribution in [3.63, 3.8) is 0 Å². The van der Waals surface area contributed by atoms with Crippen molar-refractivity contribution in [3.8, 4) is 0 Å². The number of cyclic esters (lactones) is 4. The van der Waals surface area contributed by atoms with E-state index >= 15 is 9.59 Å². The highest BCUT2D eigenvalue weighted by Crippen LogP contribution is 2.34. The number of carbonyl (C=O) groups is 8. The van der Waals surface area contributed by atoms with E-state index in [0.717, 1.165) is 32.1 Å². The molecule has 4 amide bonds. The zero-order valence-electron chi connectivity index (χ0n) is 58.3. The van der Waals surface area contributed by atoms with E-state index in [9.17, 15) is 28.8 Å². The molecule has 0 spiro atoms. The van der Waals surface area contributed by atoms with Crippen molar-refractivity contribution in [2.45, 2.75) is 223 Å². The smallest absolute Gasteiger partial charge is 0.329 e. The van der Waals surface area contributed by atoms with Gasteiger partial charge in [0.2, 0.25) is 0 Å². The topological polar surface area (TPSA) is 186 Å². The number of hydrogen-bond donors (Lipinski definition) is 0. The SMILES string of the molecule is CC.CC.CC(C)C[C@H]1C(=O)O[C@H](Cc2ccc(C(C)(C)c3ccccc3)cc2)C(=O)N(C)[C@@H](CC(C)C)C(=O)O[C@H](C)C(=O)N(C)[C@@H](CC(C)C)C(=O)O[C@H](Cc2ccc(C(C)(C)c3ccccc3)cc2)C(=O)N(C)[C@@H](CC(C)C)C(=O)O[C@H](C)C(=O)N1C. The Hall–Kier alpha value is -7.36. The van der Waals surface area contributed by atoms with Crippen LogP contribution in [0.3, 0.4) is 0 Å². The van der Waals surface area contributed by atoms with Gasteiger partial charge in [-0.2, -0.15) is 0 Å². The molecule has 0 bridgehead atoms. The van der Waals surface area contributed by atoms with E-state index in [4.69, 9.17) is 18.9 Å². The predicted molar refractivity (Wildman–Crippen MR) is 355 cm³/mol. The minimum atomic E-state index is -1.53. The maximum Gasteiger partial charge on any atom is 0.329 e. The first-order chi connectivity index (χ1) is 42.3. The number of rotatable bonds is 16. The molecule has 1 aliphatic heterocycles. The van der Waals surface area contributed by atoms with Crippen molar-refractivity contribution in [3.05, 3.63) is 143 Å². The van der Waals surface area contributed by atoms with Crippen LogP contribution >= 0.6 is 0 Å². The van der Waals surface area contributed by atoms with Crippen LogP contribution in [0.25, 0.3) is 0 Å². The van der Waals surface area contributed by atoms with E-state index in [1.165, 1.54) is 51.8 Å². The number of carbonyl (C=O) groups excluding carboxylic acids is 8. The highest BCUT2D eigenvalue weighted by atomic mass is 16.6. The van der Waals surface area contributed by atoms with Crippen molar-refractivity contribution >= 4 is 47.5 Å². The second-order valence-corrected chi connectivity index (χ2v) is 26.2. The minimum Gasteiger partial charge on any atom is -0.451 e. The molecule has 0 unspecified atom stereocenters. The van der Waals surface area contributed by atoms with Crippen molar-refractivity contribution < 1.29 is 57.3 Å². The molecule has 0 aliphatic carbocycles. The Kier molecular flexibility index (Phi) is 30.2. The summed E-state index contributed by atoms with van der Waals surface area (Å²) in [4.78, 5) is 123. The van der Waals surface area contributed by atoms with E-state index in [-0.39, 0.29) is 73.0 Å². The zero-order valence-corrected chi connectivity index (χ0v) is 58.3. The van der Waals surface area contributed by atoms with Crippen molar-refractivity contribution in [2.75, 3.05) is 28.2 Å². The molecular weight excluding hydrogens is 1140 g/mol. The molecule has 0 N–H and O–H groups in total. The van der Waals surface area contributed by atoms with Crippen LogP contribution in [0.15, 0.2) is 109 Å². The average molecular weight is 1250 g/mol. The normalized spacial score (nSPS) is 21.9. The first-order valence-corrected chi connectivity index (χ1v) is 32.4. The molecule has 4 aromatic carbocycles. The molecule has 1 saturated heterocycles. The van der Waals surface area contributed by atoms with E-state index < -0.39 is 96.1 Å². The number of likely N-dealkylation sites (N-methyl/N-ethyl adjacent to an activating group) is 4. The standard InChI is InChI=1S/C70H96N4O12.2C2H6/c1-43(2)37-55-65(79)83-47(9)61(75)71(15)58(40-46(7)8)68(82)86-60(42-50-31-35-54(36-32-50)70(13,14)52-27-23-20-24-28-52)64(78)74(18)56(38-44(3)4)66(80)84-48(10)62(76)72(16)57(39-45(5)6)67(81)85-59(63(77)73(55)17)41-49-29-33-53(34-30-49)69(11,12)51-25-21-19-22-26-51;2*1-2/h19-36,43-48,55-60H,37-42H2,1-18H3;2*1-2H3/t47-,48-,55+,56+,57+,58+,59-,60-;;/m1../s1. The molecule has 0 aromatic heterocycles. The lowest BCUT2D eigenvalue weighted by atomic mass is 9.78. The van der Waals surface area contributed by atoms with Crippen molar-refractivity contribution in [1.29, 1.82) is 0 Å². The maximum atomic E-state index is 15.1. The van der Waals surface area contributed by atoms with Gasteiger partial charge in [-0.1, -0.05) is 220 Å². The average Bonchev–Trinajstić information content (AvgIpc) is 0.917. The Bertz CT molecular complexity index is 2730. The quantitative estimate of drug-likeness (QED) is 0.0764. The lowest BCUT2D eigenvalue weighted by Gasteiger charge is -2.35. The summed E-state index contributed by atoms with van der Waals surface area (Å²) in [5.74, 6) is -7.35. The number of nitrogens with zero attached hydrogens (tertiary/aromatic N) is 4. The lowest BCUT2D eigenvalue weighted by Crippen LogP contribution is -2.55. The van der Waals surface area contributed by atoms with Gasteiger partial charge in [-0.25, -0.2) is 19.2 Å². The molecule has 5 rings (SSSR count). The summed E-state index contributed by atoms with van der Waals surface area (Å²) in [5.41, 5.74) is 4.68. The summed E-state index contributed by atoms with van der Waals surface area (Å²) < 4.78 is 24.5. The fraction of sp³-hybridized carbons (Fsp3) is 0.568. The first kappa shape index (κ1) is 76.9. The third-order valence-corrected chi connectivity index (χ3v) is 16.7. The molecule has 1 fully saturated rings. The monoisotopic (exact) mass is 1240 g/mol. The number of amides is 4. The summed E-state index contributed by atoms with van der Waals surface area (Å²) in [6.07, 6.45) is -5.93. The minimum absolute atomic E-state index is 0.0866. The molecule has 1 aliphatic rings. The van der Waals surface area contributed by atoms with Gasteiger partial charge in [0.05, 0.1) is 0 Å². The molecule has 1 heterocycles. The van der Waals surface area contributed by atoms with E-state index in [0.29, 0.717) is 11.1 Å². The summed E-state index contributed by atoms with van der Waals surface area (Å²) >= 11 is 0. The molecule has 0 radical (unpaired) electrons. The van der Waals surface area contributed by atoms with Crippen LogP contribution in [0, 0.1) is 23.7 Å². The third kappa shape index (κ3) is 20.8. The van der Waals surface area contributed by atoms with Crippen LogP contribution < -0.4 is 0 Å². The molecule has 496 valence electrons. The Balaban J connectivity index is 0.00000518. The van der Waals surface area contributed by atoms with Gasteiger partial charge < -0.3 is 38.5 Å². The molecule has 4 aromatic rings. The maximum absolute atomic E-state index is 15.1. The molecule has 0 saturated carbocycles. The van der Waals surface area contributed by atoms with Crippen LogP contribution in [0.5, 0.6) is 0 Å². The molecule has 16 nitrogen and oxygen atoms in total. The third-order valence-electron chi connectivity index (χ3n) is 16.7. The highest BCUT2D eigenvalue weighted by molar-refractivity contribution is 5.94. The molecular formula is C74H108N4O12. The Morgan fingerprint density at radius 1 is 0.344 bits per heavy atom. The van der Waals surface area contributed by atoms with Crippen molar-refractivity contribution in [1.82, 2.24) is 19.6 Å². The van der Waals surface area contributed by atoms with E-state index in [1.54, 1.807) is 0 Å². The number of esters is 4.